The molecular weight excluding hydrogens is 288 g/mol. The Morgan fingerprint density at radius 3 is 2.52 bits per heavy atom. The molecule has 0 saturated heterocycles. The van der Waals surface area contributed by atoms with Gasteiger partial charge in [0, 0.05) is 38.8 Å². The topological polar surface area (TPSA) is 59.9 Å². The predicted molar refractivity (Wildman–Crippen MR) is 98.9 cm³/mol. The van der Waals surface area contributed by atoms with Crippen LogP contribution in [0.15, 0.2) is 4.99 Å². The Balaban J connectivity index is 2.40. The summed E-state index contributed by atoms with van der Waals surface area (Å²) in [6, 6.07) is 0.821. The maximum Gasteiger partial charge on any atom is 0.191 e. The van der Waals surface area contributed by atoms with Gasteiger partial charge < -0.3 is 15.7 Å². The van der Waals surface area contributed by atoms with Crippen molar-refractivity contribution in [3.63, 3.8) is 0 Å². The third-order valence-electron chi connectivity index (χ3n) is 4.35. The fourth-order valence-corrected chi connectivity index (χ4v) is 3.05. The summed E-state index contributed by atoms with van der Waals surface area (Å²) in [6.07, 6.45) is 4.68. The maximum absolute atomic E-state index is 9.22. The number of nitrogens with zero attached hydrogens (tertiary/aromatic N) is 2. The molecule has 1 rings (SSSR count). The first-order valence-electron chi connectivity index (χ1n) is 9.47. The average Bonchev–Trinajstić information content (AvgIpc) is 3.33. The maximum atomic E-state index is 9.22. The third-order valence-corrected chi connectivity index (χ3v) is 4.35. The Kier molecular flexibility index (Phi) is 10.3. The van der Waals surface area contributed by atoms with Crippen LogP contribution < -0.4 is 10.6 Å². The van der Waals surface area contributed by atoms with Gasteiger partial charge >= 0.3 is 0 Å². The van der Waals surface area contributed by atoms with Crippen LogP contribution >= 0.6 is 0 Å². The predicted octanol–water partition coefficient (Wildman–Crippen LogP) is 2.07. The van der Waals surface area contributed by atoms with Gasteiger partial charge in [-0.25, -0.2) is 0 Å². The lowest BCUT2D eigenvalue weighted by atomic mass is 9.94. The molecule has 1 aliphatic rings. The van der Waals surface area contributed by atoms with Crippen LogP contribution in [-0.4, -0.2) is 61.3 Å². The van der Waals surface area contributed by atoms with Crippen LogP contribution in [0.5, 0.6) is 0 Å². The first kappa shape index (κ1) is 20.2. The molecule has 0 aromatic carbocycles. The summed E-state index contributed by atoms with van der Waals surface area (Å²) in [6.45, 7) is 13.9. The smallest absolute Gasteiger partial charge is 0.191 e. The van der Waals surface area contributed by atoms with Crippen molar-refractivity contribution in [1.82, 2.24) is 15.5 Å². The number of hydrogen-bond donors (Lipinski definition) is 3. The molecule has 0 heterocycles. The van der Waals surface area contributed by atoms with E-state index >= 15 is 0 Å². The SMILES string of the molecule is CCNC(=NCC(CCO)CC(C)C)NCCN(CC)C1CC1. The molecule has 0 radical (unpaired) electrons. The molecule has 1 saturated carbocycles. The van der Waals surface area contributed by atoms with E-state index in [1.165, 1.54) is 12.8 Å². The summed E-state index contributed by atoms with van der Waals surface area (Å²) in [5.41, 5.74) is 0. The number of hydrogen-bond acceptors (Lipinski definition) is 3. The molecule has 1 unspecified atom stereocenters. The Hall–Kier alpha value is -0.810. The second kappa shape index (κ2) is 11.7. The number of guanidine groups is 1. The number of likely N-dealkylation sites (N-methyl/N-ethyl adjacent to an activating group) is 1. The number of aliphatic imine (C=N–C) groups is 1. The second-order valence-electron chi connectivity index (χ2n) is 7.01. The molecule has 5 nitrogen and oxygen atoms in total. The summed E-state index contributed by atoms with van der Waals surface area (Å²) < 4.78 is 0. The minimum Gasteiger partial charge on any atom is -0.396 e. The molecule has 1 aliphatic carbocycles. The van der Waals surface area contributed by atoms with Crippen molar-refractivity contribution in [3.05, 3.63) is 0 Å². The largest absolute Gasteiger partial charge is 0.396 e. The molecule has 0 aromatic heterocycles. The fraction of sp³-hybridized carbons (Fsp3) is 0.944. The zero-order valence-corrected chi connectivity index (χ0v) is 15.6. The summed E-state index contributed by atoms with van der Waals surface area (Å²) >= 11 is 0. The molecular formula is C18H38N4O. The minimum absolute atomic E-state index is 0.254. The minimum atomic E-state index is 0.254. The van der Waals surface area contributed by atoms with Crippen LogP contribution in [-0.2, 0) is 0 Å². The molecule has 0 aliphatic heterocycles. The van der Waals surface area contributed by atoms with E-state index < -0.39 is 0 Å². The van der Waals surface area contributed by atoms with Crippen molar-refractivity contribution in [1.29, 1.82) is 0 Å². The van der Waals surface area contributed by atoms with Crippen molar-refractivity contribution in [2.24, 2.45) is 16.8 Å². The molecule has 3 N–H and O–H groups in total. The average molecular weight is 327 g/mol. The zero-order valence-electron chi connectivity index (χ0n) is 15.6. The number of aliphatic hydroxyl groups is 1. The number of aliphatic hydroxyl groups excluding tert-OH is 1. The standard InChI is InChI=1S/C18H38N4O/c1-5-19-18(20-10-11-22(6-2)17-7-8-17)21-14-16(9-12-23)13-15(3)4/h15-17,23H,5-14H2,1-4H3,(H2,19,20,21). The van der Waals surface area contributed by atoms with Crippen molar-refractivity contribution in [3.8, 4) is 0 Å². The van der Waals surface area contributed by atoms with Gasteiger partial charge in [0.1, 0.15) is 0 Å². The van der Waals surface area contributed by atoms with Gasteiger partial charge in [0.25, 0.3) is 0 Å². The summed E-state index contributed by atoms with van der Waals surface area (Å²) in [4.78, 5) is 7.28. The van der Waals surface area contributed by atoms with Crippen LogP contribution in [0.25, 0.3) is 0 Å². The van der Waals surface area contributed by atoms with Gasteiger partial charge in [0.05, 0.1) is 0 Å². The number of nitrogens with one attached hydrogen (secondary N) is 2. The van der Waals surface area contributed by atoms with Crippen molar-refractivity contribution in [2.45, 2.75) is 59.4 Å². The molecule has 136 valence electrons. The van der Waals surface area contributed by atoms with Gasteiger partial charge in [-0.2, -0.15) is 0 Å². The summed E-state index contributed by atoms with van der Waals surface area (Å²) in [7, 11) is 0. The summed E-state index contributed by atoms with van der Waals surface area (Å²) in [5, 5.41) is 16.0. The Morgan fingerprint density at radius 1 is 1.26 bits per heavy atom. The quantitative estimate of drug-likeness (QED) is 0.379. The normalized spacial score (nSPS) is 16.9. The highest BCUT2D eigenvalue weighted by Crippen LogP contribution is 2.25. The van der Waals surface area contributed by atoms with E-state index in [-0.39, 0.29) is 6.61 Å². The Morgan fingerprint density at radius 2 is 2.00 bits per heavy atom. The lowest BCUT2D eigenvalue weighted by molar-refractivity contribution is 0.245. The van der Waals surface area contributed by atoms with E-state index in [9.17, 15) is 5.11 Å². The highest BCUT2D eigenvalue weighted by atomic mass is 16.3. The van der Waals surface area contributed by atoms with Crippen molar-refractivity contribution < 1.29 is 5.11 Å². The molecule has 1 fully saturated rings. The van der Waals surface area contributed by atoms with Crippen molar-refractivity contribution in [2.75, 3.05) is 39.3 Å². The highest BCUT2D eigenvalue weighted by Gasteiger charge is 2.27. The third kappa shape index (κ3) is 9.16. The van der Waals surface area contributed by atoms with Gasteiger partial charge in [-0.1, -0.05) is 20.8 Å². The molecule has 5 heteroatoms. The zero-order chi connectivity index (χ0) is 17.1. The van der Waals surface area contributed by atoms with Crippen LogP contribution in [0.4, 0.5) is 0 Å². The van der Waals surface area contributed by atoms with E-state index in [0.717, 1.165) is 57.6 Å². The van der Waals surface area contributed by atoms with Gasteiger partial charge in [-0.15, -0.1) is 0 Å². The van der Waals surface area contributed by atoms with E-state index in [0.29, 0.717) is 11.8 Å². The van der Waals surface area contributed by atoms with E-state index in [1.54, 1.807) is 0 Å². The van der Waals surface area contributed by atoms with Crippen molar-refractivity contribution >= 4 is 5.96 Å². The molecule has 23 heavy (non-hydrogen) atoms. The molecule has 0 amide bonds. The Labute approximate surface area is 142 Å². The molecule has 1 atom stereocenters. The lowest BCUT2D eigenvalue weighted by Gasteiger charge is -2.21. The van der Waals surface area contributed by atoms with Gasteiger partial charge in [-0.05, 0) is 51.0 Å². The lowest BCUT2D eigenvalue weighted by Crippen LogP contribution is -2.42. The van der Waals surface area contributed by atoms with Gasteiger partial charge in [-0.3, -0.25) is 9.89 Å². The van der Waals surface area contributed by atoms with Crippen LogP contribution in [0.2, 0.25) is 0 Å². The molecule has 0 spiro atoms. The first-order valence-corrected chi connectivity index (χ1v) is 9.47. The monoisotopic (exact) mass is 326 g/mol. The first-order chi connectivity index (χ1) is 11.1. The van der Waals surface area contributed by atoms with E-state index in [2.05, 4.69) is 43.2 Å². The van der Waals surface area contributed by atoms with Gasteiger partial charge in [0.15, 0.2) is 5.96 Å². The summed E-state index contributed by atoms with van der Waals surface area (Å²) in [5.74, 6) is 2.02. The number of rotatable bonds is 12. The van der Waals surface area contributed by atoms with Crippen LogP contribution in [0, 0.1) is 11.8 Å². The van der Waals surface area contributed by atoms with Crippen LogP contribution in [0.3, 0.4) is 0 Å². The van der Waals surface area contributed by atoms with E-state index in [4.69, 9.17) is 4.99 Å². The molecule has 0 aromatic rings. The fourth-order valence-electron chi connectivity index (χ4n) is 3.05. The Bertz CT molecular complexity index is 329. The van der Waals surface area contributed by atoms with Crippen LogP contribution in [0.1, 0.15) is 53.4 Å². The van der Waals surface area contributed by atoms with E-state index in [1.807, 2.05) is 0 Å². The second-order valence-corrected chi connectivity index (χ2v) is 7.01. The van der Waals surface area contributed by atoms with Gasteiger partial charge in [0.2, 0.25) is 0 Å². The molecule has 0 bridgehead atoms. The highest BCUT2D eigenvalue weighted by molar-refractivity contribution is 5.79.